The predicted molar refractivity (Wildman–Crippen MR) is 102 cm³/mol. The Balaban J connectivity index is 1.55. The second-order valence-electron chi connectivity index (χ2n) is 7.14. The Labute approximate surface area is 157 Å². The van der Waals surface area contributed by atoms with E-state index in [4.69, 9.17) is 4.98 Å². The third-order valence-electron chi connectivity index (χ3n) is 4.99. The molecule has 27 heavy (non-hydrogen) atoms. The van der Waals surface area contributed by atoms with E-state index in [1.165, 1.54) is 6.07 Å². The van der Waals surface area contributed by atoms with Crippen LogP contribution in [0.25, 0.3) is 11.0 Å². The van der Waals surface area contributed by atoms with Crippen LogP contribution in [0.1, 0.15) is 38.1 Å². The van der Waals surface area contributed by atoms with Gasteiger partial charge in [0.25, 0.3) is 0 Å². The van der Waals surface area contributed by atoms with Crippen molar-refractivity contribution in [3.05, 3.63) is 54.4 Å². The first-order valence-electron chi connectivity index (χ1n) is 9.17. The number of aromatic nitrogens is 3. The molecule has 0 bridgehead atoms. The first-order chi connectivity index (χ1) is 13.0. The fourth-order valence-corrected chi connectivity index (χ4v) is 3.70. The summed E-state index contributed by atoms with van der Waals surface area (Å²) in [4.78, 5) is 23.3. The number of hydrogen-bond acceptors (Lipinski definition) is 3. The van der Waals surface area contributed by atoms with Gasteiger partial charge in [0.05, 0.1) is 22.9 Å². The molecule has 3 heterocycles. The Morgan fingerprint density at radius 1 is 1.30 bits per heavy atom. The smallest absolute Gasteiger partial charge is 0.321 e. The molecule has 0 spiro atoms. The summed E-state index contributed by atoms with van der Waals surface area (Å²) in [6.45, 7) is 5.42. The number of urea groups is 1. The average Bonchev–Trinajstić information content (AvgIpc) is 3.28. The van der Waals surface area contributed by atoms with E-state index in [1.807, 2.05) is 12.3 Å². The molecule has 3 aromatic rings. The highest BCUT2D eigenvalue weighted by Gasteiger charge is 2.31. The van der Waals surface area contributed by atoms with Gasteiger partial charge in [0.1, 0.15) is 11.6 Å². The summed E-state index contributed by atoms with van der Waals surface area (Å²) in [6.07, 6.45) is 4.41. The van der Waals surface area contributed by atoms with E-state index >= 15 is 0 Å². The maximum absolute atomic E-state index is 13.8. The number of carbonyl (C=O) groups excluding carboxylic acids is 1. The predicted octanol–water partition coefficient (Wildman–Crippen LogP) is 4.17. The molecule has 1 aliphatic rings. The highest BCUT2D eigenvalue weighted by molar-refractivity contribution is 5.89. The van der Waals surface area contributed by atoms with E-state index in [-0.39, 0.29) is 23.7 Å². The number of rotatable bonds is 3. The minimum atomic E-state index is -0.435. The van der Waals surface area contributed by atoms with Crippen LogP contribution < -0.4 is 5.32 Å². The molecule has 0 saturated carbocycles. The summed E-state index contributed by atoms with van der Waals surface area (Å²) < 4.78 is 16.0. The van der Waals surface area contributed by atoms with Crippen LogP contribution in [-0.2, 0) is 0 Å². The highest BCUT2D eigenvalue weighted by atomic mass is 19.1. The monoisotopic (exact) mass is 367 g/mol. The fourth-order valence-electron chi connectivity index (χ4n) is 3.70. The maximum Gasteiger partial charge on any atom is 0.321 e. The zero-order valence-corrected chi connectivity index (χ0v) is 15.4. The summed E-state index contributed by atoms with van der Waals surface area (Å²) >= 11 is 0. The van der Waals surface area contributed by atoms with Gasteiger partial charge in [-0.15, -0.1) is 0 Å². The summed E-state index contributed by atoms with van der Waals surface area (Å²) in [6, 6.07) is 8.07. The first-order valence-corrected chi connectivity index (χ1v) is 9.17. The number of imidazole rings is 1. The number of amides is 2. The van der Waals surface area contributed by atoms with Crippen LogP contribution >= 0.6 is 0 Å². The molecule has 1 aliphatic heterocycles. The summed E-state index contributed by atoms with van der Waals surface area (Å²) in [5.41, 5.74) is 2.13. The lowest BCUT2D eigenvalue weighted by Crippen LogP contribution is -2.33. The quantitative estimate of drug-likeness (QED) is 0.756. The Bertz CT molecular complexity index is 983. The van der Waals surface area contributed by atoms with Crippen LogP contribution in [0.5, 0.6) is 0 Å². The zero-order chi connectivity index (χ0) is 19.0. The van der Waals surface area contributed by atoms with Crippen molar-refractivity contribution in [2.75, 3.05) is 18.4 Å². The standard InChI is InChI=1S/C20H22FN5O/c1-13(2)26-18-11-22-9-7-17(18)23-19(26)14-8-10-25(12-14)20(27)24-16-6-4-3-5-15(16)21/h3-7,9,11,13-14H,8,10,12H2,1-2H3,(H,24,27). The van der Waals surface area contributed by atoms with Crippen molar-refractivity contribution in [2.24, 2.45) is 0 Å². The molecule has 0 radical (unpaired) electrons. The number of nitrogens with zero attached hydrogens (tertiary/aromatic N) is 4. The molecule has 6 nitrogen and oxygen atoms in total. The summed E-state index contributed by atoms with van der Waals surface area (Å²) in [5, 5.41) is 2.66. The molecule has 4 rings (SSSR count). The molecular weight excluding hydrogens is 345 g/mol. The van der Waals surface area contributed by atoms with Gasteiger partial charge in [-0.25, -0.2) is 14.2 Å². The van der Waals surface area contributed by atoms with Gasteiger partial charge in [0, 0.05) is 31.2 Å². The molecule has 1 fully saturated rings. The van der Waals surface area contributed by atoms with Gasteiger partial charge in [-0.1, -0.05) is 12.1 Å². The van der Waals surface area contributed by atoms with E-state index in [0.717, 1.165) is 23.3 Å². The Hall–Kier alpha value is -2.96. The third kappa shape index (κ3) is 3.25. The lowest BCUT2D eigenvalue weighted by Gasteiger charge is -2.19. The first kappa shape index (κ1) is 17.5. The molecule has 1 atom stereocenters. The molecule has 7 heteroatoms. The molecule has 1 saturated heterocycles. The van der Waals surface area contributed by atoms with E-state index < -0.39 is 5.82 Å². The Kier molecular flexibility index (Phi) is 4.51. The summed E-state index contributed by atoms with van der Waals surface area (Å²) in [7, 11) is 0. The van der Waals surface area contributed by atoms with Gasteiger partial charge in [-0.3, -0.25) is 4.98 Å². The number of fused-ring (bicyclic) bond motifs is 1. The molecule has 0 aliphatic carbocycles. The largest absolute Gasteiger partial charge is 0.324 e. The van der Waals surface area contributed by atoms with Gasteiger partial charge in [-0.2, -0.15) is 0 Å². The van der Waals surface area contributed by atoms with E-state index in [0.29, 0.717) is 13.1 Å². The number of likely N-dealkylation sites (tertiary alicyclic amines) is 1. The normalized spacial score (nSPS) is 17.0. The minimum Gasteiger partial charge on any atom is -0.324 e. The SMILES string of the molecule is CC(C)n1c(C2CCN(C(=O)Nc3ccccc3F)C2)nc2ccncc21. The van der Waals surface area contributed by atoms with E-state index in [9.17, 15) is 9.18 Å². The average molecular weight is 367 g/mol. The van der Waals surface area contributed by atoms with Crippen LogP contribution in [0.3, 0.4) is 0 Å². The van der Waals surface area contributed by atoms with E-state index in [1.54, 1.807) is 29.3 Å². The molecular formula is C20H22FN5O. The van der Waals surface area contributed by atoms with Crippen molar-refractivity contribution in [2.45, 2.75) is 32.2 Å². The highest BCUT2D eigenvalue weighted by Crippen LogP contribution is 2.31. The topological polar surface area (TPSA) is 63.1 Å². The number of halogens is 1. The van der Waals surface area contributed by atoms with Crippen molar-refractivity contribution in [1.29, 1.82) is 0 Å². The molecule has 1 aromatic carbocycles. The van der Waals surface area contributed by atoms with Crippen LogP contribution in [-0.4, -0.2) is 38.6 Å². The van der Waals surface area contributed by atoms with Crippen LogP contribution in [0.4, 0.5) is 14.9 Å². The molecule has 1 N–H and O–H groups in total. The second-order valence-corrected chi connectivity index (χ2v) is 7.14. The fraction of sp³-hybridized carbons (Fsp3) is 0.350. The lowest BCUT2D eigenvalue weighted by molar-refractivity contribution is 0.221. The van der Waals surface area contributed by atoms with Gasteiger partial charge in [0.2, 0.25) is 0 Å². The summed E-state index contributed by atoms with van der Waals surface area (Å²) in [5.74, 6) is 0.691. The zero-order valence-electron chi connectivity index (χ0n) is 15.4. The number of benzene rings is 1. The minimum absolute atomic E-state index is 0.145. The van der Waals surface area contributed by atoms with Gasteiger partial charge >= 0.3 is 6.03 Å². The molecule has 1 unspecified atom stereocenters. The van der Waals surface area contributed by atoms with Gasteiger partial charge in [0.15, 0.2) is 0 Å². The van der Waals surface area contributed by atoms with Gasteiger partial charge < -0.3 is 14.8 Å². The van der Waals surface area contributed by atoms with Crippen LogP contribution in [0, 0.1) is 5.82 Å². The lowest BCUT2D eigenvalue weighted by atomic mass is 10.1. The van der Waals surface area contributed by atoms with Crippen LogP contribution in [0.2, 0.25) is 0 Å². The number of pyridine rings is 1. The number of para-hydroxylation sites is 1. The molecule has 140 valence electrons. The number of nitrogens with one attached hydrogen (secondary N) is 1. The van der Waals surface area contributed by atoms with Crippen molar-refractivity contribution in [1.82, 2.24) is 19.4 Å². The van der Waals surface area contributed by atoms with Crippen molar-refractivity contribution >= 4 is 22.8 Å². The van der Waals surface area contributed by atoms with Crippen molar-refractivity contribution < 1.29 is 9.18 Å². The molecule has 2 amide bonds. The number of hydrogen-bond donors (Lipinski definition) is 1. The Morgan fingerprint density at radius 3 is 2.89 bits per heavy atom. The van der Waals surface area contributed by atoms with Crippen molar-refractivity contribution in [3.63, 3.8) is 0 Å². The second kappa shape index (κ2) is 6.98. The Morgan fingerprint density at radius 2 is 2.11 bits per heavy atom. The van der Waals surface area contributed by atoms with E-state index in [2.05, 4.69) is 28.7 Å². The van der Waals surface area contributed by atoms with Crippen LogP contribution in [0.15, 0.2) is 42.7 Å². The van der Waals surface area contributed by atoms with Gasteiger partial charge in [-0.05, 0) is 38.5 Å². The number of carbonyl (C=O) groups is 1. The molecule has 2 aromatic heterocycles. The maximum atomic E-state index is 13.8. The van der Waals surface area contributed by atoms with Crippen molar-refractivity contribution in [3.8, 4) is 0 Å². The third-order valence-corrected chi connectivity index (χ3v) is 4.99. The number of anilines is 1.